The smallest absolute Gasteiger partial charge is 0.135 e. The van der Waals surface area contributed by atoms with Crippen molar-refractivity contribution in [3.05, 3.63) is 0 Å². The van der Waals surface area contributed by atoms with Gasteiger partial charge in [-0.05, 0) is 40.7 Å². The number of rotatable bonds is 5. The maximum atomic E-state index is 11.6. The molecule has 0 spiro atoms. The number of nitrogens with zero attached hydrogens (tertiary/aromatic N) is 1. The molecular formula is C15H29NO2. The maximum Gasteiger partial charge on any atom is 0.135 e. The molecule has 0 saturated carbocycles. The lowest BCUT2D eigenvalue weighted by Crippen LogP contribution is -2.57. The molecule has 3 nitrogen and oxygen atoms in total. The molecule has 0 aromatic heterocycles. The van der Waals surface area contributed by atoms with Crippen LogP contribution in [0.25, 0.3) is 0 Å². The Morgan fingerprint density at radius 2 is 1.67 bits per heavy atom. The number of carbonyl (C=O) groups excluding carboxylic acids is 1. The van der Waals surface area contributed by atoms with Gasteiger partial charge in [-0.2, -0.15) is 0 Å². The number of hydrogen-bond donors (Lipinski definition) is 0. The number of ketones is 1. The van der Waals surface area contributed by atoms with Crippen molar-refractivity contribution < 1.29 is 9.53 Å². The van der Waals surface area contributed by atoms with Crippen molar-refractivity contribution in [2.24, 2.45) is 5.92 Å². The van der Waals surface area contributed by atoms with Crippen molar-refractivity contribution in [1.82, 2.24) is 4.90 Å². The molecule has 1 aliphatic rings. The van der Waals surface area contributed by atoms with Crippen molar-refractivity contribution in [3.8, 4) is 0 Å². The monoisotopic (exact) mass is 255 g/mol. The van der Waals surface area contributed by atoms with E-state index in [4.69, 9.17) is 4.74 Å². The zero-order valence-corrected chi connectivity index (χ0v) is 12.9. The first kappa shape index (κ1) is 15.6. The third kappa shape index (κ3) is 5.07. The van der Waals surface area contributed by atoms with E-state index in [1.807, 2.05) is 13.8 Å². The van der Waals surface area contributed by atoms with Gasteiger partial charge in [0.05, 0.1) is 11.2 Å². The molecule has 18 heavy (non-hydrogen) atoms. The largest absolute Gasteiger partial charge is 0.367 e. The maximum absolute atomic E-state index is 11.6. The summed E-state index contributed by atoms with van der Waals surface area (Å²) in [7, 11) is 0. The minimum absolute atomic E-state index is 0.0934. The van der Waals surface area contributed by atoms with Crippen molar-refractivity contribution in [1.29, 1.82) is 0 Å². The highest BCUT2D eigenvalue weighted by molar-refractivity contribution is 5.80. The predicted molar refractivity (Wildman–Crippen MR) is 74.8 cm³/mol. The Labute approximate surface area is 112 Å². The number of hydrogen-bond acceptors (Lipinski definition) is 3. The van der Waals surface area contributed by atoms with Gasteiger partial charge in [-0.1, -0.05) is 13.8 Å². The lowest BCUT2D eigenvalue weighted by atomic mass is 9.98. The molecule has 1 rings (SSSR count). The third-order valence-corrected chi connectivity index (χ3v) is 3.30. The van der Waals surface area contributed by atoms with Crippen LogP contribution < -0.4 is 0 Å². The van der Waals surface area contributed by atoms with Crippen molar-refractivity contribution in [2.45, 2.75) is 65.6 Å². The van der Waals surface area contributed by atoms with Crippen molar-refractivity contribution in [3.63, 3.8) is 0 Å². The summed E-state index contributed by atoms with van der Waals surface area (Å²) in [6.07, 6.45) is 1.67. The zero-order chi connectivity index (χ0) is 14.0. The second kappa shape index (κ2) is 5.70. The van der Waals surface area contributed by atoms with E-state index in [1.165, 1.54) is 0 Å². The molecule has 1 saturated heterocycles. The molecule has 0 bridgehead atoms. The Morgan fingerprint density at radius 1 is 1.17 bits per heavy atom. The molecule has 0 aromatic rings. The van der Waals surface area contributed by atoms with E-state index in [-0.39, 0.29) is 17.1 Å². The number of Topliss-reactive ketones (excluding diaryl/α,β-unsaturated/α-hetero) is 1. The van der Waals surface area contributed by atoms with Gasteiger partial charge in [0.1, 0.15) is 5.78 Å². The average Bonchev–Trinajstić information content (AvgIpc) is 2.11. The molecule has 1 fully saturated rings. The van der Waals surface area contributed by atoms with E-state index >= 15 is 0 Å². The van der Waals surface area contributed by atoms with Gasteiger partial charge >= 0.3 is 0 Å². The summed E-state index contributed by atoms with van der Waals surface area (Å²) in [5.41, 5.74) is -0.187. The van der Waals surface area contributed by atoms with Gasteiger partial charge < -0.3 is 4.74 Å². The van der Waals surface area contributed by atoms with Gasteiger partial charge in [-0.15, -0.1) is 0 Å². The van der Waals surface area contributed by atoms with Gasteiger partial charge in [0.25, 0.3) is 0 Å². The fraction of sp³-hybridized carbons (Fsp3) is 0.933. The topological polar surface area (TPSA) is 29.5 Å². The fourth-order valence-electron chi connectivity index (χ4n) is 2.87. The van der Waals surface area contributed by atoms with E-state index in [9.17, 15) is 4.79 Å². The molecule has 0 radical (unpaired) electrons. The van der Waals surface area contributed by atoms with Crippen LogP contribution in [0.1, 0.15) is 54.4 Å². The Hall–Kier alpha value is -0.410. The first-order chi connectivity index (χ1) is 8.11. The van der Waals surface area contributed by atoms with Crippen molar-refractivity contribution >= 4 is 5.78 Å². The van der Waals surface area contributed by atoms with Crippen LogP contribution in [0, 0.1) is 5.92 Å². The highest BCUT2D eigenvalue weighted by atomic mass is 16.5. The number of morpholine rings is 1. The molecule has 0 amide bonds. The molecule has 0 aromatic carbocycles. The highest BCUT2D eigenvalue weighted by Crippen LogP contribution is 2.28. The third-order valence-electron chi connectivity index (χ3n) is 3.30. The molecular weight excluding hydrogens is 226 g/mol. The second-order valence-electron chi connectivity index (χ2n) is 7.06. The SMILES string of the molecule is CC(C)C(=O)CCCN1CC(C)(C)OC(C)(C)C1. The average molecular weight is 255 g/mol. The first-order valence-corrected chi connectivity index (χ1v) is 7.07. The minimum Gasteiger partial charge on any atom is -0.367 e. The van der Waals surface area contributed by atoms with Crippen LogP contribution in [-0.4, -0.2) is 41.5 Å². The molecule has 0 atom stereocenters. The molecule has 0 N–H and O–H groups in total. The van der Waals surface area contributed by atoms with Crippen LogP contribution in [0.15, 0.2) is 0 Å². The van der Waals surface area contributed by atoms with Crippen LogP contribution in [0.4, 0.5) is 0 Å². The number of ether oxygens (including phenoxy) is 1. The lowest BCUT2D eigenvalue weighted by Gasteiger charge is -2.47. The summed E-state index contributed by atoms with van der Waals surface area (Å²) >= 11 is 0. The van der Waals surface area contributed by atoms with E-state index in [1.54, 1.807) is 0 Å². The summed E-state index contributed by atoms with van der Waals surface area (Å²) in [6.45, 7) is 15.4. The zero-order valence-electron chi connectivity index (χ0n) is 12.9. The van der Waals surface area contributed by atoms with Gasteiger partial charge in [0, 0.05) is 25.4 Å². The highest BCUT2D eigenvalue weighted by Gasteiger charge is 2.37. The van der Waals surface area contributed by atoms with Crippen molar-refractivity contribution in [2.75, 3.05) is 19.6 Å². The van der Waals surface area contributed by atoms with Crippen LogP contribution in [0.5, 0.6) is 0 Å². The van der Waals surface area contributed by atoms with E-state index in [2.05, 4.69) is 32.6 Å². The quantitative estimate of drug-likeness (QED) is 0.756. The predicted octanol–water partition coefficient (Wildman–Crippen LogP) is 2.88. The summed E-state index contributed by atoms with van der Waals surface area (Å²) < 4.78 is 6.05. The molecule has 1 aliphatic heterocycles. The van der Waals surface area contributed by atoms with Crippen LogP contribution in [0.3, 0.4) is 0 Å². The molecule has 1 heterocycles. The first-order valence-electron chi connectivity index (χ1n) is 7.07. The summed E-state index contributed by atoms with van der Waals surface area (Å²) in [4.78, 5) is 14.0. The fourth-order valence-corrected chi connectivity index (χ4v) is 2.87. The van der Waals surface area contributed by atoms with Crippen LogP contribution in [-0.2, 0) is 9.53 Å². The van der Waals surface area contributed by atoms with E-state index in [0.29, 0.717) is 12.2 Å². The molecule has 0 aliphatic carbocycles. The van der Waals surface area contributed by atoms with Gasteiger partial charge in [0.2, 0.25) is 0 Å². The van der Waals surface area contributed by atoms with Gasteiger partial charge in [0.15, 0.2) is 0 Å². The second-order valence-corrected chi connectivity index (χ2v) is 7.06. The Balaban J connectivity index is 2.40. The van der Waals surface area contributed by atoms with Gasteiger partial charge in [-0.25, -0.2) is 0 Å². The van der Waals surface area contributed by atoms with E-state index < -0.39 is 0 Å². The Morgan fingerprint density at radius 3 is 2.11 bits per heavy atom. The number of carbonyl (C=O) groups is 1. The lowest BCUT2D eigenvalue weighted by molar-refractivity contribution is -0.180. The summed E-state index contributed by atoms with van der Waals surface area (Å²) in [6, 6.07) is 0. The Kier molecular flexibility index (Phi) is 4.96. The van der Waals surface area contributed by atoms with Crippen LogP contribution in [0.2, 0.25) is 0 Å². The standard InChI is InChI=1S/C15H29NO2/c1-12(2)13(17)8-7-9-16-10-14(3,4)18-15(5,6)11-16/h12H,7-11H2,1-6H3. The summed E-state index contributed by atoms with van der Waals surface area (Å²) in [5.74, 6) is 0.546. The Bertz CT molecular complexity index is 279. The normalized spacial score (nSPS) is 23.3. The van der Waals surface area contributed by atoms with Crippen LogP contribution >= 0.6 is 0 Å². The van der Waals surface area contributed by atoms with E-state index in [0.717, 1.165) is 26.1 Å². The molecule has 3 heteroatoms. The summed E-state index contributed by atoms with van der Waals surface area (Å²) in [5, 5.41) is 0. The molecule has 0 unspecified atom stereocenters. The minimum atomic E-state index is -0.0934. The van der Waals surface area contributed by atoms with Gasteiger partial charge in [-0.3, -0.25) is 9.69 Å². The molecule has 106 valence electrons.